The predicted octanol–water partition coefficient (Wildman–Crippen LogP) is 5.25. The molecule has 2 aromatic carbocycles. The molecular formula is C15H14Br2FNO. The van der Waals surface area contributed by atoms with Crippen LogP contribution in [0.2, 0.25) is 0 Å². The van der Waals surface area contributed by atoms with Crippen LogP contribution in [-0.4, -0.2) is 6.54 Å². The lowest BCUT2D eigenvalue weighted by atomic mass is 10.2. The molecule has 0 aliphatic heterocycles. The third-order valence-electron chi connectivity index (χ3n) is 2.69. The number of hydrogen-bond acceptors (Lipinski definition) is 2. The van der Waals surface area contributed by atoms with Crippen molar-refractivity contribution in [3.05, 3.63) is 56.7 Å². The predicted molar refractivity (Wildman–Crippen MR) is 85.7 cm³/mol. The third-order valence-corrected chi connectivity index (χ3v) is 3.80. The van der Waals surface area contributed by atoms with E-state index < -0.39 is 5.82 Å². The van der Waals surface area contributed by atoms with E-state index in [-0.39, 0.29) is 5.75 Å². The van der Waals surface area contributed by atoms with Crippen LogP contribution in [0.15, 0.2) is 45.3 Å². The first-order valence-electron chi connectivity index (χ1n) is 6.22. The number of hydrogen-bond donors (Lipinski definition) is 1. The lowest BCUT2D eigenvalue weighted by Gasteiger charge is -2.10. The van der Waals surface area contributed by atoms with Gasteiger partial charge in [0.1, 0.15) is 5.75 Å². The average molecular weight is 403 g/mol. The summed E-state index contributed by atoms with van der Waals surface area (Å²) in [5, 5.41) is 3.25. The van der Waals surface area contributed by atoms with Gasteiger partial charge in [0.15, 0.2) is 11.6 Å². The van der Waals surface area contributed by atoms with Crippen LogP contribution in [0.3, 0.4) is 0 Å². The van der Waals surface area contributed by atoms with Gasteiger partial charge >= 0.3 is 0 Å². The van der Waals surface area contributed by atoms with Gasteiger partial charge in [0.05, 0.1) is 4.47 Å². The topological polar surface area (TPSA) is 21.3 Å². The summed E-state index contributed by atoms with van der Waals surface area (Å²) >= 11 is 6.75. The maximum Gasteiger partial charge on any atom is 0.165 e. The molecule has 0 bridgehead atoms. The van der Waals surface area contributed by atoms with Crippen molar-refractivity contribution in [2.24, 2.45) is 0 Å². The first-order chi connectivity index (χ1) is 9.60. The van der Waals surface area contributed by atoms with E-state index in [1.807, 2.05) is 18.2 Å². The summed E-state index contributed by atoms with van der Waals surface area (Å²) in [6.07, 6.45) is 0. The standard InChI is InChI=1S/C15H14Br2FNO/c1-2-19-9-10-3-6-14(12(17)7-10)20-15-8-11(16)4-5-13(15)18/h3-8,19H,2,9H2,1H3. The van der Waals surface area contributed by atoms with Gasteiger partial charge in [-0.05, 0) is 58.4 Å². The highest BCUT2D eigenvalue weighted by Gasteiger charge is 2.08. The Morgan fingerprint density at radius 1 is 1.10 bits per heavy atom. The molecule has 0 atom stereocenters. The molecular weight excluding hydrogens is 389 g/mol. The van der Waals surface area contributed by atoms with Gasteiger partial charge in [0, 0.05) is 11.0 Å². The molecule has 2 aromatic rings. The van der Waals surface area contributed by atoms with Crippen molar-refractivity contribution in [1.29, 1.82) is 0 Å². The average Bonchev–Trinajstić information content (AvgIpc) is 2.43. The molecule has 1 N–H and O–H groups in total. The van der Waals surface area contributed by atoms with E-state index in [0.717, 1.165) is 27.6 Å². The number of nitrogens with one attached hydrogen (secondary N) is 1. The smallest absolute Gasteiger partial charge is 0.165 e. The van der Waals surface area contributed by atoms with Crippen LogP contribution in [0.1, 0.15) is 12.5 Å². The molecule has 2 rings (SSSR count). The van der Waals surface area contributed by atoms with Crippen molar-refractivity contribution >= 4 is 31.9 Å². The summed E-state index contributed by atoms with van der Waals surface area (Å²) in [6.45, 7) is 3.77. The molecule has 2 nitrogen and oxygen atoms in total. The Morgan fingerprint density at radius 3 is 2.60 bits per heavy atom. The largest absolute Gasteiger partial charge is 0.453 e. The van der Waals surface area contributed by atoms with Gasteiger partial charge in [-0.1, -0.05) is 28.9 Å². The monoisotopic (exact) mass is 401 g/mol. The lowest BCUT2D eigenvalue weighted by molar-refractivity contribution is 0.439. The molecule has 20 heavy (non-hydrogen) atoms. The van der Waals surface area contributed by atoms with Gasteiger partial charge in [0.25, 0.3) is 0 Å². The van der Waals surface area contributed by atoms with E-state index >= 15 is 0 Å². The summed E-state index contributed by atoms with van der Waals surface area (Å²) in [5.41, 5.74) is 1.14. The van der Waals surface area contributed by atoms with Crippen molar-refractivity contribution in [3.8, 4) is 11.5 Å². The van der Waals surface area contributed by atoms with E-state index in [9.17, 15) is 4.39 Å². The summed E-state index contributed by atoms with van der Waals surface area (Å²) in [7, 11) is 0. The fraction of sp³-hybridized carbons (Fsp3) is 0.200. The van der Waals surface area contributed by atoms with Crippen molar-refractivity contribution < 1.29 is 9.13 Å². The Labute approximate surface area is 134 Å². The van der Waals surface area contributed by atoms with Gasteiger partial charge in [-0.2, -0.15) is 0 Å². The van der Waals surface area contributed by atoms with Crippen LogP contribution in [0.25, 0.3) is 0 Å². The van der Waals surface area contributed by atoms with Crippen LogP contribution in [0, 0.1) is 5.82 Å². The quantitative estimate of drug-likeness (QED) is 0.737. The first-order valence-corrected chi connectivity index (χ1v) is 7.81. The summed E-state index contributed by atoms with van der Waals surface area (Å²) in [6, 6.07) is 10.4. The lowest BCUT2D eigenvalue weighted by Crippen LogP contribution is -2.11. The summed E-state index contributed by atoms with van der Waals surface area (Å²) < 4.78 is 20.8. The minimum absolute atomic E-state index is 0.194. The zero-order chi connectivity index (χ0) is 14.5. The maximum absolute atomic E-state index is 13.7. The van der Waals surface area contributed by atoms with Gasteiger partial charge < -0.3 is 10.1 Å². The molecule has 0 saturated heterocycles. The molecule has 0 amide bonds. The van der Waals surface area contributed by atoms with Crippen LogP contribution >= 0.6 is 31.9 Å². The number of benzene rings is 2. The van der Waals surface area contributed by atoms with Gasteiger partial charge in [-0.25, -0.2) is 4.39 Å². The van der Waals surface area contributed by atoms with Crippen LogP contribution in [0.5, 0.6) is 11.5 Å². The molecule has 0 fully saturated rings. The van der Waals surface area contributed by atoms with Gasteiger partial charge in [-0.15, -0.1) is 0 Å². The van der Waals surface area contributed by atoms with E-state index in [2.05, 4.69) is 44.1 Å². The van der Waals surface area contributed by atoms with Crippen LogP contribution in [-0.2, 0) is 6.54 Å². The van der Waals surface area contributed by atoms with Crippen molar-refractivity contribution in [3.63, 3.8) is 0 Å². The van der Waals surface area contributed by atoms with Crippen molar-refractivity contribution in [1.82, 2.24) is 5.32 Å². The molecule has 0 heterocycles. The van der Waals surface area contributed by atoms with Gasteiger partial charge in [0.2, 0.25) is 0 Å². The third kappa shape index (κ3) is 4.04. The second kappa shape index (κ2) is 7.20. The Kier molecular flexibility index (Phi) is 5.57. The van der Waals surface area contributed by atoms with Gasteiger partial charge in [-0.3, -0.25) is 0 Å². The zero-order valence-corrected chi connectivity index (χ0v) is 14.1. The molecule has 0 aliphatic carbocycles. The Balaban J connectivity index is 2.19. The second-order valence-corrected chi connectivity index (χ2v) is 5.99. The number of ether oxygens (including phenoxy) is 1. The fourth-order valence-corrected chi connectivity index (χ4v) is 2.53. The van der Waals surface area contributed by atoms with Crippen molar-refractivity contribution in [2.75, 3.05) is 6.54 Å². The molecule has 0 saturated carbocycles. The zero-order valence-electron chi connectivity index (χ0n) is 10.9. The summed E-state index contributed by atoms with van der Waals surface area (Å²) in [4.78, 5) is 0. The summed E-state index contributed by atoms with van der Waals surface area (Å²) in [5.74, 6) is 0.388. The SMILES string of the molecule is CCNCc1ccc(Oc2cc(Br)ccc2F)c(Br)c1. The Bertz CT molecular complexity index is 604. The highest BCUT2D eigenvalue weighted by Crippen LogP contribution is 2.33. The molecule has 0 spiro atoms. The molecule has 106 valence electrons. The number of rotatable bonds is 5. The minimum atomic E-state index is -0.392. The molecule has 0 unspecified atom stereocenters. The minimum Gasteiger partial charge on any atom is -0.453 e. The van der Waals surface area contributed by atoms with E-state index in [4.69, 9.17) is 4.74 Å². The highest BCUT2D eigenvalue weighted by atomic mass is 79.9. The van der Waals surface area contributed by atoms with Crippen molar-refractivity contribution in [2.45, 2.75) is 13.5 Å². The number of halogens is 3. The molecule has 0 radical (unpaired) electrons. The maximum atomic E-state index is 13.7. The van der Waals surface area contributed by atoms with Crippen LogP contribution < -0.4 is 10.1 Å². The highest BCUT2D eigenvalue weighted by molar-refractivity contribution is 9.10. The molecule has 0 aromatic heterocycles. The normalized spacial score (nSPS) is 10.6. The Morgan fingerprint density at radius 2 is 1.90 bits per heavy atom. The van der Waals surface area contributed by atoms with Crippen LogP contribution in [0.4, 0.5) is 4.39 Å². The van der Waals surface area contributed by atoms with E-state index in [1.165, 1.54) is 6.07 Å². The Hall–Kier alpha value is -0.910. The molecule has 5 heteroatoms. The second-order valence-electron chi connectivity index (χ2n) is 4.22. The first kappa shape index (κ1) is 15.5. The molecule has 0 aliphatic rings. The fourth-order valence-electron chi connectivity index (χ4n) is 1.68. The van der Waals surface area contributed by atoms with E-state index in [0.29, 0.717) is 5.75 Å². The van der Waals surface area contributed by atoms with E-state index in [1.54, 1.807) is 12.1 Å².